The van der Waals surface area contributed by atoms with Gasteiger partial charge in [0.05, 0.1) is 0 Å². The van der Waals surface area contributed by atoms with Crippen molar-refractivity contribution in [2.45, 2.75) is 12.8 Å². The molecule has 0 bridgehead atoms. The molecule has 1 atom stereocenters. The first-order chi connectivity index (χ1) is 7.18. The Kier molecular flexibility index (Phi) is 5.77. The highest BCUT2D eigenvalue weighted by molar-refractivity contribution is 7.37. The molecule has 0 saturated carbocycles. The van der Waals surface area contributed by atoms with Crippen LogP contribution in [0.15, 0.2) is 24.3 Å². The van der Waals surface area contributed by atoms with Crippen LogP contribution in [0, 0.1) is 0 Å². The summed E-state index contributed by atoms with van der Waals surface area (Å²) in [5.74, 6) is 0. The standard InChI is InChI=1S/C10H15ClNO2P/c11-9-4-3-5-10(8-9)12-6-1-2-7-15(13)14/h3-5,8,12,15H,1-2,6-7H2,(H,13,14). The second-order valence-electron chi connectivity index (χ2n) is 3.29. The van der Waals surface area contributed by atoms with Gasteiger partial charge in [0.2, 0.25) is 0 Å². The Hall–Kier alpha value is -0.500. The summed E-state index contributed by atoms with van der Waals surface area (Å²) in [6.45, 7) is 0.801. The van der Waals surface area contributed by atoms with Crippen LogP contribution in [-0.2, 0) is 4.57 Å². The van der Waals surface area contributed by atoms with Gasteiger partial charge >= 0.3 is 0 Å². The van der Waals surface area contributed by atoms with Gasteiger partial charge in [0, 0.05) is 23.4 Å². The predicted molar refractivity (Wildman–Crippen MR) is 65.3 cm³/mol. The molecule has 0 aliphatic carbocycles. The lowest BCUT2D eigenvalue weighted by molar-refractivity contribution is 0.500. The summed E-state index contributed by atoms with van der Waals surface area (Å²) >= 11 is 5.82. The SMILES string of the molecule is O=[PH](O)CCCCNc1cccc(Cl)c1. The molecule has 2 N–H and O–H groups in total. The fraction of sp³-hybridized carbons (Fsp3) is 0.400. The number of rotatable bonds is 6. The van der Waals surface area contributed by atoms with E-state index in [1.54, 1.807) is 0 Å². The Labute approximate surface area is 95.3 Å². The van der Waals surface area contributed by atoms with Crippen molar-refractivity contribution in [3.8, 4) is 0 Å². The van der Waals surface area contributed by atoms with Crippen molar-refractivity contribution in [1.29, 1.82) is 0 Å². The number of nitrogens with one attached hydrogen (secondary N) is 1. The van der Waals surface area contributed by atoms with E-state index in [0.717, 1.165) is 25.1 Å². The van der Waals surface area contributed by atoms with E-state index >= 15 is 0 Å². The molecular formula is C10H15ClNO2P. The average molecular weight is 248 g/mol. The lowest BCUT2D eigenvalue weighted by Crippen LogP contribution is -2.01. The van der Waals surface area contributed by atoms with E-state index in [1.807, 2.05) is 24.3 Å². The number of halogens is 1. The van der Waals surface area contributed by atoms with Gasteiger partial charge in [0.1, 0.15) is 0 Å². The van der Waals surface area contributed by atoms with Gasteiger partial charge in [-0.05, 0) is 31.0 Å². The van der Waals surface area contributed by atoms with E-state index in [-0.39, 0.29) is 0 Å². The molecule has 5 heteroatoms. The Morgan fingerprint density at radius 2 is 2.20 bits per heavy atom. The molecule has 0 amide bonds. The smallest absolute Gasteiger partial charge is 0.189 e. The van der Waals surface area contributed by atoms with Gasteiger partial charge < -0.3 is 10.2 Å². The van der Waals surface area contributed by atoms with Crippen LogP contribution in [-0.4, -0.2) is 17.6 Å². The maximum atomic E-state index is 10.4. The van der Waals surface area contributed by atoms with Crippen LogP contribution in [0.2, 0.25) is 5.02 Å². The number of unbranched alkanes of at least 4 members (excludes halogenated alkanes) is 1. The van der Waals surface area contributed by atoms with Crippen molar-refractivity contribution in [3.63, 3.8) is 0 Å². The highest BCUT2D eigenvalue weighted by atomic mass is 35.5. The highest BCUT2D eigenvalue weighted by Gasteiger charge is 1.95. The van der Waals surface area contributed by atoms with Crippen LogP contribution in [0.4, 0.5) is 5.69 Å². The van der Waals surface area contributed by atoms with Gasteiger partial charge in [-0.25, -0.2) is 0 Å². The second kappa shape index (κ2) is 6.89. The first-order valence-electron chi connectivity index (χ1n) is 4.90. The van der Waals surface area contributed by atoms with E-state index in [9.17, 15) is 4.57 Å². The molecule has 0 heterocycles. The van der Waals surface area contributed by atoms with Crippen molar-refractivity contribution in [2.24, 2.45) is 0 Å². The lowest BCUT2D eigenvalue weighted by Gasteiger charge is -2.05. The van der Waals surface area contributed by atoms with Crippen molar-refractivity contribution in [1.82, 2.24) is 0 Å². The maximum absolute atomic E-state index is 10.4. The van der Waals surface area contributed by atoms with E-state index in [2.05, 4.69) is 5.32 Å². The summed E-state index contributed by atoms with van der Waals surface area (Å²) in [6.07, 6.45) is 2.09. The van der Waals surface area contributed by atoms with Gasteiger partial charge in [-0.3, -0.25) is 4.57 Å². The quantitative estimate of drug-likeness (QED) is 0.600. The maximum Gasteiger partial charge on any atom is 0.189 e. The van der Waals surface area contributed by atoms with Gasteiger partial charge in [-0.1, -0.05) is 17.7 Å². The zero-order chi connectivity index (χ0) is 11.1. The van der Waals surface area contributed by atoms with Gasteiger partial charge in [-0.15, -0.1) is 0 Å². The van der Waals surface area contributed by atoms with E-state index < -0.39 is 8.03 Å². The number of hydrogen-bond acceptors (Lipinski definition) is 2. The molecule has 1 aromatic rings. The molecule has 0 saturated heterocycles. The molecule has 0 aromatic heterocycles. The van der Waals surface area contributed by atoms with Crippen molar-refractivity contribution in [3.05, 3.63) is 29.3 Å². The Balaban J connectivity index is 2.17. The van der Waals surface area contributed by atoms with Crippen LogP contribution in [0.25, 0.3) is 0 Å². The van der Waals surface area contributed by atoms with Crippen LogP contribution in [0.1, 0.15) is 12.8 Å². The van der Waals surface area contributed by atoms with Gasteiger partial charge in [0.25, 0.3) is 0 Å². The van der Waals surface area contributed by atoms with Crippen molar-refractivity contribution >= 4 is 25.3 Å². The topological polar surface area (TPSA) is 49.3 Å². The molecular weight excluding hydrogens is 233 g/mol. The number of anilines is 1. The summed E-state index contributed by atoms with van der Waals surface area (Å²) in [5.41, 5.74) is 0.985. The zero-order valence-corrected chi connectivity index (χ0v) is 10.1. The summed E-state index contributed by atoms with van der Waals surface area (Å²) < 4.78 is 10.4. The predicted octanol–water partition coefficient (Wildman–Crippen LogP) is 3.00. The highest BCUT2D eigenvalue weighted by Crippen LogP contribution is 2.16. The molecule has 0 fully saturated rings. The third-order valence-corrected chi connectivity index (χ3v) is 2.99. The fourth-order valence-corrected chi connectivity index (χ4v) is 1.98. The lowest BCUT2D eigenvalue weighted by atomic mass is 10.3. The molecule has 15 heavy (non-hydrogen) atoms. The normalized spacial score (nSPS) is 12.4. The monoisotopic (exact) mass is 247 g/mol. The molecule has 0 aliphatic rings. The Morgan fingerprint density at radius 1 is 1.40 bits per heavy atom. The van der Waals surface area contributed by atoms with Gasteiger partial charge in [0.15, 0.2) is 8.03 Å². The largest absolute Gasteiger partial charge is 0.385 e. The molecule has 1 unspecified atom stereocenters. The molecule has 3 nitrogen and oxygen atoms in total. The summed E-state index contributed by atoms with van der Waals surface area (Å²) in [6, 6.07) is 7.51. The fourth-order valence-electron chi connectivity index (χ4n) is 1.23. The number of benzene rings is 1. The molecule has 1 aromatic carbocycles. The first-order valence-corrected chi connectivity index (χ1v) is 6.84. The van der Waals surface area contributed by atoms with Crippen LogP contribution in [0.3, 0.4) is 0 Å². The average Bonchev–Trinajstić information content (AvgIpc) is 2.17. The van der Waals surface area contributed by atoms with Crippen LogP contribution >= 0.6 is 19.6 Å². The molecule has 1 rings (SSSR count). The summed E-state index contributed by atoms with van der Waals surface area (Å²) in [5, 5.41) is 3.91. The molecule has 0 aliphatic heterocycles. The van der Waals surface area contributed by atoms with E-state index in [0.29, 0.717) is 11.2 Å². The first kappa shape index (κ1) is 12.6. The molecule has 0 spiro atoms. The van der Waals surface area contributed by atoms with E-state index in [4.69, 9.17) is 16.5 Å². The van der Waals surface area contributed by atoms with E-state index in [1.165, 1.54) is 0 Å². The second-order valence-corrected chi connectivity index (χ2v) is 5.01. The zero-order valence-electron chi connectivity index (χ0n) is 8.37. The van der Waals surface area contributed by atoms with Crippen molar-refractivity contribution in [2.75, 3.05) is 18.0 Å². The third-order valence-electron chi connectivity index (χ3n) is 1.97. The Morgan fingerprint density at radius 3 is 2.87 bits per heavy atom. The summed E-state index contributed by atoms with van der Waals surface area (Å²) in [4.78, 5) is 8.61. The summed E-state index contributed by atoms with van der Waals surface area (Å²) in [7, 11) is -2.28. The minimum absolute atomic E-state index is 0.419. The Bertz CT molecular complexity index is 333. The van der Waals surface area contributed by atoms with Crippen molar-refractivity contribution < 1.29 is 9.46 Å². The van der Waals surface area contributed by atoms with Gasteiger partial charge in [-0.2, -0.15) is 0 Å². The minimum Gasteiger partial charge on any atom is -0.385 e. The minimum atomic E-state index is -2.28. The number of hydrogen-bond donors (Lipinski definition) is 2. The molecule has 84 valence electrons. The molecule has 0 radical (unpaired) electrons. The van der Waals surface area contributed by atoms with Crippen LogP contribution in [0.5, 0.6) is 0 Å². The third kappa shape index (κ3) is 5.83. The van der Waals surface area contributed by atoms with Crippen LogP contribution < -0.4 is 5.32 Å².